The van der Waals surface area contributed by atoms with E-state index in [1.165, 1.54) is 0 Å². The van der Waals surface area contributed by atoms with Gasteiger partial charge in [-0.2, -0.15) is 13.2 Å². The molecule has 0 spiro atoms. The predicted octanol–water partition coefficient (Wildman–Crippen LogP) is 2.86. The standard InChI is InChI=1S/C12H16ClF3N4O.2ClH/c13-9-6-8(12(14,15)16)7-20-11(9)19-5-2-10(21)18-4-1-3-17;;/h6-7H,1-5,17H2,(H,18,21)(H,19,20);2*1H. The van der Waals surface area contributed by atoms with Gasteiger partial charge < -0.3 is 16.4 Å². The molecule has 1 aromatic rings. The number of nitrogens with two attached hydrogens (primary N) is 1. The van der Waals surface area contributed by atoms with Gasteiger partial charge in [0.2, 0.25) is 5.91 Å². The maximum Gasteiger partial charge on any atom is 0.417 e. The summed E-state index contributed by atoms with van der Waals surface area (Å²) in [7, 11) is 0. The number of aromatic nitrogens is 1. The van der Waals surface area contributed by atoms with Gasteiger partial charge >= 0.3 is 6.18 Å². The summed E-state index contributed by atoms with van der Waals surface area (Å²) in [5.41, 5.74) is 4.36. The summed E-state index contributed by atoms with van der Waals surface area (Å²) >= 11 is 5.71. The molecule has 0 fully saturated rings. The number of hydrogen-bond acceptors (Lipinski definition) is 4. The van der Waals surface area contributed by atoms with E-state index >= 15 is 0 Å². The smallest absolute Gasteiger partial charge is 0.368 e. The van der Waals surface area contributed by atoms with Crippen LogP contribution in [0.2, 0.25) is 5.02 Å². The predicted molar refractivity (Wildman–Crippen MR) is 88.5 cm³/mol. The molecule has 1 rings (SSSR count). The van der Waals surface area contributed by atoms with E-state index in [9.17, 15) is 18.0 Å². The number of amides is 1. The van der Waals surface area contributed by atoms with Crippen molar-refractivity contribution in [3.05, 3.63) is 22.8 Å². The summed E-state index contributed by atoms with van der Waals surface area (Å²) in [5, 5.41) is 5.22. The summed E-state index contributed by atoms with van der Waals surface area (Å²) in [6, 6.07) is 0.790. The quantitative estimate of drug-likeness (QED) is 0.618. The number of hydrogen-bond donors (Lipinski definition) is 3. The fraction of sp³-hybridized carbons (Fsp3) is 0.500. The number of alkyl halides is 3. The Hall–Kier alpha value is -0.960. The first-order chi connectivity index (χ1) is 9.84. The van der Waals surface area contributed by atoms with E-state index in [1.807, 2.05) is 0 Å². The summed E-state index contributed by atoms with van der Waals surface area (Å²) in [6.07, 6.45) is -2.96. The molecule has 1 amide bonds. The van der Waals surface area contributed by atoms with E-state index in [-0.39, 0.29) is 54.5 Å². The van der Waals surface area contributed by atoms with Crippen molar-refractivity contribution in [3.8, 4) is 0 Å². The van der Waals surface area contributed by atoms with Crippen LogP contribution in [0, 0.1) is 0 Å². The highest BCUT2D eigenvalue weighted by Gasteiger charge is 2.31. The molecule has 0 saturated heterocycles. The Balaban J connectivity index is 0. The Bertz CT molecular complexity index is 489. The molecule has 0 radical (unpaired) electrons. The minimum absolute atomic E-state index is 0. The van der Waals surface area contributed by atoms with Gasteiger partial charge in [0.05, 0.1) is 10.6 Å². The van der Waals surface area contributed by atoms with Gasteiger partial charge in [-0.15, -0.1) is 24.8 Å². The number of nitrogens with one attached hydrogen (secondary N) is 2. The van der Waals surface area contributed by atoms with E-state index in [1.54, 1.807) is 0 Å². The summed E-state index contributed by atoms with van der Waals surface area (Å²) in [4.78, 5) is 15.0. The van der Waals surface area contributed by atoms with Crippen LogP contribution in [0.1, 0.15) is 18.4 Å². The van der Waals surface area contributed by atoms with Gasteiger partial charge in [-0.1, -0.05) is 11.6 Å². The number of anilines is 1. The molecule has 0 atom stereocenters. The highest BCUT2D eigenvalue weighted by molar-refractivity contribution is 6.32. The van der Waals surface area contributed by atoms with E-state index in [0.29, 0.717) is 25.7 Å². The molecule has 0 aromatic carbocycles. The molecule has 0 unspecified atom stereocenters. The fourth-order valence-electron chi connectivity index (χ4n) is 1.44. The lowest BCUT2D eigenvalue weighted by atomic mass is 10.2. The summed E-state index contributed by atoms with van der Waals surface area (Å²) in [5.74, 6) is -0.0709. The topological polar surface area (TPSA) is 80.0 Å². The number of rotatable bonds is 7. The maximum atomic E-state index is 12.4. The molecule has 0 bridgehead atoms. The molecule has 5 nitrogen and oxygen atoms in total. The molecule has 134 valence electrons. The van der Waals surface area contributed by atoms with Crippen molar-refractivity contribution in [2.75, 3.05) is 25.0 Å². The second-order valence-corrected chi connectivity index (χ2v) is 4.63. The van der Waals surface area contributed by atoms with Gasteiger partial charge in [-0.05, 0) is 19.0 Å². The molecule has 23 heavy (non-hydrogen) atoms. The monoisotopic (exact) mass is 396 g/mol. The zero-order valence-electron chi connectivity index (χ0n) is 12.0. The molecule has 0 aliphatic heterocycles. The molecule has 4 N–H and O–H groups in total. The molecular formula is C12H18Cl3F3N4O. The van der Waals surface area contributed by atoms with E-state index in [0.717, 1.165) is 6.07 Å². The van der Waals surface area contributed by atoms with Crippen LogP contribution in [-0.4, -0.2) is 30.5 Å². The van der Waals surface area contributed by atoms with E-state index in [4.69, 9.17) is 17.3 Å². The lowest BCUT2D eigenvalue weighted by molar-refractivity contribution is -0.137. The fourth-order valence-corrected chi connectivity index (χ4v) is 1.67. The van der Waals surface area contributed by atoms with Crippen molar-refractivity contribution in [3.63, 3.8) is 0 Å². The van der Waals surface area contributed by atoms with Crippen molar-refractivity contribution in [2.45, 2.75) is 19.0 Å². The number of pyridine rings is 1. The Kier molecular flexibility index (Phi) is 12.2. The van der Waals surface area contributed by atoms with Crippen LogP contribution in [0.5, 0.6) is 0 Å². The van der Waals surface area contributed by atoms with Gasteiger partial charge in [0, 0.05) is 25.7 Å². The van der Waals surface area contributed by atoms with Crippen LogP contribution < -0.4 is 16.4 Å². The zero-order chi connectivity index (χ0) is 15.9. The minimum atomic E-state index is -4.49. The molecule has 0 aliphatic carbocycles. The highest BCUT2D eigenvalue weighted by Crippen LogP contribution is 2.32. The van der Waals surface area contributed by atoms with Gasteiger partial charge in [-0.3, -0.25) is 4.79 Å². The van der Waals surface area contributed by atoms with Crippen LogP contribution in [-0.2, 0) is 11.0 Å². The average molecular weight is 398 g/mol. The third kappa shape index (κ3) is 9.04. The molecular weight excluding hydrogens is 380 g/mol. The molecule has 1 aromatic heterocycles. The second kappa shape index (κ2) is 11.6. The Morgan fingerprint density at radius 2 is 1.96 bits per heavy atom. The maximum absolute atomic E-state index is 12.4. The van der Waals surface area contributed by atoms with Crippen molar-refractivity contribution >= 4 is 48.1 Å². The van der Waals surface area contributed by atoms with Crippen molar-refractivity contribution < 1.29 is 18.0 Å². The van der Waals surface area contributed by atoms with Gasteiger partial charge in [0.25, 0.3) is 0 Å². The van der Waals surface area contributed by atoms with E-state index in [2.05, 4.69) is 15.6 Å². The Labute approximate surface area is 149 Å². The largest absolute Gasteiger partial charge is 0.417 e. The molecule has 11 heteroatoms. The number of nitrogens with zero attached hydrogens (tertiary/aromatic N) is 1. The van der Waals surface area contributed by atoms with Crippen LogP contribution in [0.3, 0.4) is 0 Å². The number of carbonyl (C=O) groups is 1. The first-order valence-electron chi connectivity index (χ1n) is 6.28. The van der Waals surface area contributed by atoms with Crippen LogP contribution >= 0.6 is 36.4 Å². The van der Waals surface area contributed by atoms with Crippen molar-refractivity contribution in [1.29, 1.82) is 0 Å². The average Bonchev–Trinajstić information content (AvgIpc) is 2.39. The third-order valence-corrected chi connectivity index (χ3v) is 2.80. The molecule has 1 heterocycles. The molecule has 0 aliphatic rings. The van der Waals surface area contributed by atoms with Gasteiger partial charge in [0.15, 0.2) is 0 Å². The van der Waals surface area contributed by atoms with Crippen LogP contribution in [0.4, 0.5) is 19.0 Å². The van der Waals surface area contributed by atoms with Crippen molar-refractivity contribution in [1.82, 2.24) is 10.3 Å². The normalized spacial score (nSPS) is 10.3. The van der Waals surface area contributed by atoms with Gasteiger partial charge in [-0.25, -0.2) is 4.98 Å². The first kappa shape index (κ1) is 24.3. The lowest BCUT2D eigenvalue weighted by Gasteiger charge is -2.10. The lowest BCUT2D eigenvalue weighted by Crippen LogP contribution is -2.27. The number of halogens is 6. The van der Waals surface area contributed by atoms with Gasteiger partial charge in [0.1, 0.15) is 5.82 Å². The highest BCUT2D eigenvalue weighted by atomic mass is 35.5. The van der Waals surface area contributed by atoms with Crippen LogP contribution in [0.15, 0.2) is 12.3 Å². The van der Waals surface area contributed by atoms with Crippen molar-refractivity contribution in [2.24, 2.45) is 5.73 Å². The zero-order valence-corrected chi connectivity index (χ0v) is 14.3. The first-order valence-corrected chi connectivity index (χ1v) is 6.65. The summed E-state index contributed by atoms with van der Waals surface area (Å²) < 4.78 is 37.3. The molecule has 0 saturated carbocycles. The second-order valence-electron chi connectivity index (χ2n) is 4.22. The van der Waals surface area contributed by atoms with E-state index < -0.39 is 11.7 Å². The Morgan fingerprint density at radius 3 is 2.48 bits per heavy atom. The number of carbonyl (C=O) groups excluding carboxylic acids is 1. The summed E-state index contributed by atoms with van der Waals surface area (Å²) in [6.45, 7) is 1.20. The SMILES string of the molecule is Cl.Cl.NCCCNC(=O)CCNc1ncc(C(F)(F)F)cc1Cl. The third-order valence-electron chi connectivity index (χ3n) is 2.52. The Morgan fingerprint density at radius 1 is 1.30 bits per heavy atom. The minimum Gasteiger partial charge on any atom is -0.368 e. The van der Waals surface area contributed by atoms with Crippen LogP contribution in [0.25, 0.3) is 0 Å².